The summed E-state index contributed by atoms with van der Waals surface area (Å²) in [6, 6.07) is 5.13. The molecule has 0 heterocycles. The molecule has 0 spiro atoms. The van der Waals surface area contributed by atoms with E-state index in [2.05, 4.69) is 5.32 Å². The van der Waals surface area contributed by atoms with Crippen LogP contribution in [0.5, 0.6) is 0 Å². The first-order valence-corrected chi connectivity index (χ1v) is 7.67. The van der Waals surface area contributed by atoms with Gasteiger partial charge in [0.25, 0.3) is 0 Å². The molecule has 106 valence electrons. The Labute approximate surface area is 127 Å². The number of aliphatic hydroxyl groups excluding tert-OH is 1. The molecule has 0 saturated heterocycles. The number of carbonyl (C=O) groups excluding carboxylic acids is 1. The van der Waals surface area contributed by atoms with Crippen molar-refractivity contribution in [2.24, 2.45) is 5.92 Å². The number of aliphatic hydroxyl groups is 1. The van der Waals surface area contributed by atoms with E-state index in [0.717, 1.165) is 4.90 Å². The first-order valence-electron chi connectivity index (χ1n) is 5.92. The molecule has 1 rings (SSSR count). The number of rotatable bonds is 6. The number of amides is 1. The number of carbonyl (C=O) groups is 1. The van der Waals surface area contributed by atoms with Crippen molar-refractivity contribution in [2.75, 3.05) is 12.3 Å². The van der Waals surface area contributed by atoms with E-state index in [4.69, 9.17) is 23.2 Å². The van der Waals surface area contributed by atoms with Gasteiger partial charge in [-0.2, -0.15) is 0 Å². The summed E-state index contributed by atoms with van der Waals surface area (Å²) in [6.45, 7) is 4.06. The summed E-state index contributed by atoms with van der Waals surface area (Å²) in [5.74, 6) is 0.223. The van der Waals surface area contributed by atoms with Crippen LogP contribution in [0, 0.1) is 5.92 Å². The smallest absolute Gasteiger partial charge is 0.230 e. The molecule has 0 aliphatic heterocycles. The lowest BCUT2D eigenvalue weighted by molar-refractivity contribution is -0.119. The highest BCUT2D eigenvalue weighted by Gasteiger charge is 2.11. The minimum absolute atomic E-state index is 0.121. The lowest BCUT2D eigenvalue weighted by atomic mass is 10.1. The van der Waals surface area contributed by atoms with E-state index in [1.165, 1.54) is 11.8 Å². The normalized spacial score (nSPS) is 12.5. The van der Waals surface area contributed by atoms with Crippen LogP contribution in [0.4, 0.5) is 0 Å². The Bertz CT molecular complexity index is 441. The molecule has 0 saturated carbocycles. The SMILES string of the molecule is CC(C)C(O)CNC(=O)CSc1cc(Cl)ccc1Cl. The van der Waals surface area contributed by atoms with Crippen molar-refractivity contribution in [3.63, 3.8) is 0 Å². The van der Waals surface area contributed by atoms with Crippen molar-refractivity contribution in [1.82, 2.24) is 5.32 Å². The molecule has 0 bridgehead atoms. The summed E-state index contributed by atoms with van der Waals surface area (Å²) in [4.78, 5) is 12.4. The van der Waals surface area contributed by atoms with E-state index >= 15 is 0 Å². The number of nitrogens with one attached hydrogen (secondary N) is 1. The molecule has 0 fully saturated rings. The van der Waals surface area contributed by atoms with Crippen molar-refractivity contribution in [2.45, 2.75) is 24.8 Å². The van der Waals surface area contributed by atoms with Gasteiger partial charge in [0.05, 0.1) is 16.9 Å². The highest BCUT2D eigenvalue weighted by Crippen LogP contribution is 2.29. The van der Waals surface area contributed by atoms with Crippen LogP contribution in [0.3, 0.4) is 0 Å². The molecule has 0 aliphatic rings. The van der Waals surface area contributed by atoms with E-state index < -0.39 is 6.10 Å². The summed E-state index contributed by atoms with van der Waals surface area (Å²) < 4.78 is 0. The molecule has 0 radical (unpaired) electrons. The van der Waals surface area contributed by atoms with Gasteiger partial charge in [-0.05, 0) is 24.1 Å². The lowest BCUT2D eigenvalue weighted by Crippen LogP contribution is -2.35. The zero-order valence-electron chi connectivity index (χ0n) is 10.8. The quantitative estimate of drug-likeness (QED) is 0.791. The maximum atomic E-state index is 11.6. The van der Waals surface area contributed by atoms with Crippen LogP contribution >= 0.6 is 35.0 Å². The molecule has 1 amide bonds. The summed E-state index contributed by atoms with van der Waals surface area (Å²) in [6.07, 6.45) is -0.524. The highest BCUT2D eigenvalue weighted by molar-refractivity contribution is 8.00. The number of hydrogen-bond donors (Lipinski definition) is 2. The van der Waals surface area contributed by atoms with Gasteiger partial charge in [-0.3, -0.25) is 4.79 Å². The van der Waals surface area contributed by atoms with Crippen molar-refractivity contribution in [3.8, 4) is 0 Å². The van der Waals surface area contributed by atoms with Gasteiger partial charge in [0.2, 0.25) is 5.91 Å². The minimum Gasteiger partial charge on any atom is -0.391 e. The van der Waals surface area contributed by atoms with Crippen LogP contribution in [0.15, 0.2) is 23.1 Å². The van der Waals surface area contributed by atoms with E-state index in [-0.39, 0.29) is 24.1 Å². The van der Waals surface area contributed by atoms with Crippen molar-refractivity contribution >= 4 is 40.9 Å². The number of halogens is 2. The van der Waals surface area contributed by atoms with E-state index in [0.29, 0.717) is 10.0 Å². The van der Waals surface area contributed by atoms with Crippen LogP contribution < -0.4 is 5.32 Å². The molecule has 3 nitrogen and oxygen atoms in total. The predicted octanol–water partition coefficient (Wildman–Crippen LogP) is 3.22. The molecule has 1 atom stereocenters. The van der Waals surface area contributed by atoms with Gasteiger partial charge in [-0.1, -0.05) is 37.0 Å². The minimum atomic E-state index is -0.524. The van der Waals surface area contributed by atoms with Crippen LogP contribution in [-0.2, 0) is 4.79 Å². The topological polar surface area (TPSA) is 49.3 Å². The number of hydrogen-bond acceptors (Lipinski definition) is 3. The van der Waals surface area contributed by atoms with Gasteiger partial charge < -0.3 is 10.4 Å². The Morgan fingerprint density at radius 2 is 2.11 bits per heavy atom. The van der Waals surface area contributed by atoms with Crippen LogP contribution in [0.25, 0.3) is 0 Å². The standard InChI is InChI=1S/C13H17Cl2NO2S/c1-8(2)11(17)6-16-13(18)7-19-12-5-9(14)3-4-10(12)15/h3-5,8,11,17H,6-7H2,1-2H3,(H,16,18). The molecule has 2 N–H and O–H groups in total. The number of thioether (sulfide) groups is 1. The van der Waals surface area contributed by atoms with Gasteiger partial charge >= 0.3 is 0 Å². The first-order chi connectivity index (χ1) is 8.90. The van der Waals surface area contributed by atoms with Crippen molar-refractivity contribution < 1.29 is 9.90 Å². The van der Waals surface area contributed by atoms with Crippen molar-refractivity contribution in [3.05, 3.63) is 28.2 Å². The molecule has 1 aromatic carbocycles. The van der Waals surface area contributed by atoms with E-state index in [1.54, 1.807) is 18.2 Å². The summed E-state index contributed by atoms with van der Waals surface area (Å²) in [5, 5.41) is 13.4. The van der Waals surface area contributed by atoms with Crippen LogP contribution in [0.2, 0.25) is 10.0 Å². The van der Waals surface area contributed by atoms with Gasteiger partial charge in [0, 0.05) is 16.5 Å². The zero-order chi connectivity index (χ0) is 14.4. The van der Waals surface area contributed by atoms with Gasteiger partial charge in [0.15, 0.2) is 0 Å². The van der Waals surface area contributed by atoms with Gasteiger partial charge in [-0.25, -0.2) is 0 Å². The fourth-order valence-corrected chi connectivity index (χ4v) is 2.56. The Kier molecular flexibility index (Phi) is 7.00. The van der Waals surface area contributed by atoms with E-state index in [1.807, 2.05) is 13.8 Å². The second-order valence-electron chi connectivity index (χ2n) is 4.48. The Balaban J connectivity index is 2.40. The Morgan fingerprint density at radius 3 is 2.74 bits per heavy atom. The van der Waals surface area contributed by atoms with E-state index in [9.17, 15) is 9.90 Å². The third-order valence-electron chi connectivity index (χ3n) is 2.53. The van der Waals surface area contributed by atoms with Gasteiger partial charge in [0.1, 0.15) is 0 Å². The summed E-state index contributed by atoms with van der Waals surface area (Å²) in [7, 11) is 0. The third-order valence-corrected chi connectivity index (χ3v) is 4.26. The molecular weight excluding hydrogens is 305 g/mol. The second-order valence-corrected chi connectivity index (χ2v) is 6.34. The average Bonchev–Trinajstić information content (AvgIpc) is 2.36. The molecule has 1 unspecified atom stereocenters. The van der Waals surface area contributed by atoms with Crippen LogP contribution in [-0.4, -0.2) is 29.4 Å². The zero-order valence-corrected chi connectivity index (χ0v) is 13.1. The highest BCUT2D eigenvalue weighted by atomic mass is 35.5. The molecule has 6 heteroatoms. The molecule has 0 aromatic heterocycles. The summed E-state index contributed by atoms with van der Waals surface area (Å²) >= 11 is 13.2. The molecule has 0 aliphatic carbocycles. The monoisotopic (exact) mass is 321 g/mol. The number of benzene rings is 1. The Morgan fingerprint density at radius 1 is 1.42 bits per heavy atom. The largest absolute Gasteiger partial charge is 0.391 e. The van der Waals surface area contributed by atoms with Crippen molar-refractivity contribution in [1.29, 1.82) is 0 Å². The fraction of sp³-hybridized carbons (Fsp3) is 0.462. The van der Waals surface area contributed by atoms with Crippen LogP contribution in [0.1, 0.15) is 13.8 Å². The molecule has 1 aromatic rings. The third kappa shape index (κ3) is 6.04. The fourth-order valence-electron chi connectivity index (χ4n) is 1.24. The molecular formula is C13H17Cl2NO2S. The summed E-state index contributed by atoms with van der Waals surface area (Å²) in [5.41, 5.74) is 0. The Hall–Kier alpha value is -0.420. The lowest BCUT2D eigenvalue weighted by Gasteiger charge is -2.15. The molecule has 19 heavy (non-hydrogen) atoms. The maximum absolute atomic E-state index is 11.6. The average molecular weight is 322 g/mol. The first kappa shape index (κ1) is 16.6. The second kappa shape index (κ2) is 8.00. The maximum Gasteiger partial charge on any atom is 0.230 e. The van der Waals surface area contributed by atoms with Gasteiger partial charge in [-0.15, -0.1) is 11.8 Å². The predicted molar refractivity (Wildman–Crippen MR) is 81.0 cm³/mol.